The Labute approximate surface area is 117 Å². The van der Waals surface area contributed by atoms with Gasteiger partial charge in [-0.15, -0.1) is 11.8 Å². The molecule has 18 heavy (non-hydrogen) atoms. The second-order valence-electron chi connectivity index (χ2n) is 5.29. The molecule has 0 amide bonds. The van der Waals surface area contributed by atoms with E-state index in [0.717, 1.165) is 12.8 Å². The lowest BCUT2D eigenvalue weighted by molar-refractivity contribution is 0.452. The molecule has 0 heterocycles. The van der Waals surface area contributed by atoms with Gasteiger partial charge in [0.05, 0.1) is 0 Å². The lowest BCUT2D eigenvalue weighted by Gasteiger charge is -2.15. The molecule has 0 fully saturated rings. The van der Waals surface area contributed by atoms with E-state index in [4.69, 9.17) is 5.73 Å². The van der Waals surface area contributed by atoms with E-state index in [1.54, 1.807) is 0 Å². The first kappa shape index (κ1) is 15.6. The Morgan fingerprint density at radius 2 is 1.83 bits per heavy atom. The first-order chi connectivity index (χ1) is 8.63. The molecule has 1 unspecified atom stereocenters. The van der Waals surface area contributed by atoms with Crippen LogP contribution in [0.25, 0.3) is 0 Å². The van der Waals surface area contributed by atoms with Gasteiger partial charge in [0.15, 0.2) is 0 Å². The van der Waals surface area contributed by atoms with Gasteiger partial charge >= 0.3 is 0 Å². The summed E-state index contributed by atoms with van der Waals surface area (Å²) in [5.74, 6) is 1.81. The van der Waals surface area contributed by atoms with E-state index in [0.29, 0.717) is 12.0 Å². The predicted molar refractivity (Wildman–Crippen MR) is 83.2 cm³/mol. The molecule has 0 bridgehead atoms. The van der Waals surface area contributed by atoms with E-state index in [1.165, 1.54) is 29.1 Å². The van der Waals surface area contributed by atoms with Crippen LogP contribution in [-0.4, -0.2) is 11.8 Å². The van der Waals surface area contributed by atoms with Crippen LogP contribution in [-0.2, 0) is 6.42 Å². The maximum absolute atomic E-state index is 6.06. The van der Waals surface area contributed by atoms with Gasteiger partial charge in [-0.25, -0.2) is 0 Å². The monoisotopic (exact) mass is 265 g/mol. The molecule has 1 aromatic rings. The minimum absolute atomic E-state index is 0.351. The van der Waals surface area contributed by atoms with Crippen LogP contribution < -0.4 is 5.73 Å². The van der Waals surface area contributed by atoms with Crippen LogP contribution in [0.3, 0.4) is 0 Å². The maximum atomic E-state index is 6.06. The second kappa shape index (κ2) is 8.60. The molecule has 1 aromatic carbocycles. The van der Waals surface area contributed by atoms with Crippen molar-refractivity contribution >= 4 is 11.8 Å². The molecule has 0 radical (unpaired) electrons. The number of hydrogen-bond acceptors (Lipinski definition) is 2. The third-order valence-corrected chi connectivity index (χ3v) is 4.47. The highest BCUT2D eigenvalue weighted by Gasteiger charge is 2.06. The van der Waals surface area contributed by atoms with Gasteiger partial charge < -0.3 is 5.73 Å². The molecule has 0 aliphatic carbocycles. The zero-order valence-electron chi connectivity index (χ0n) is 12.0. The topological polar surface area (TPSA) is 26.0 Å². The average molecular weight is 265 g/mol. The third-order valence-electron chi connectivity index (χ3n) is 3.26. The molecular formula is C16H27NS. The van der Waals surface area contributed by atoms with Crippen LogP contribution in [0, 0.1) is 5.92 Å². The molecule has 2 N–H and O–H groups in total. The van der Waals surface area contributed by atoms with Crippen molar-refractivity contribution < 1.29 is 0 Å². The lowest BCUT2D eigenvalue weighted by atomic mass is 9.98. The molecule has 1 rings (SSSR count). The Balaban J connectivity index is 2.30. The number of hydrogen-bond donors (Lipinski definition) is 1. The molecule has 0 saturated heterocycles. The standard InChI is InChI=1S/C16H27NS/c1-4-12-18-15-10-8-14(9-11-15)6-5-7-16(17)13(2)3/h8-11,13,16H,4-7,12,17H2,1-3H3. The molecule has 0 aliphatic rings. The Kier molecular flexibility index (Phi) is 7.45. The van der Waals surface area contributed by atoms with E-state index in [1.807, 2.05) is 11.8 Å². The zero-order valence-corrected chi connectivity index (χ0v) is 12.8. The number of nitrogens with two attached hydrogens (primary N) is 1. The van der Waals surface area contributed by atoms with Crippen molar-refractivity contribution in [2.75, 3.05) is 5.75 Å². The summed E-state index contributed by atoms with van der Waals surface area (Å²) < 4.78 is 0. The van der Waals surface area contributed by atoms with Crippen LogP contribution in [0.2, 0.25) is 0 Å². The molecule has 1 nitrogen and oxygen atoms in total. The van der Waals surface area contributed by atoms with Crippen LogP contribution in [0.4, 0.5) is 0 Å². The van der Waals surface area contributed by atoms with E-state index >= 15 is 0 Å². The summed E-state index contributed by atoms with van der Waals surface area (Å²) in [6, 6.07) is 9.37. The molecule has 0 aliphatic heterocycles. The number of thioether (sulfide) groups is 1. The Morgan fingerprint density at radius 3 is 2.39 bits per heavy atom. The van der Waals surface area contributed by atoms with E-state index in [-0.39, 0.29) is 0 Å². The van der Waals surface area contributed by atoms with Crippen LogP contribution in [0.15, 0.2) is 29.2 Å². The summed E-state index contributed by atoms with van der Waals surface area (Å²) in [7, 11) is 0. The third kappa shape index (κ3) is 5.92. The van der Waals surface area contributed by atoms with Crippen LogP contribution >= 0.6 is 11.8 Å². The van der Waals surface area contributed by atoms with E-state index in [2.05, 4.69) is 45.0 Å². The molecule has 0 saturated carbocycles. The van der Waals surface area contributed by atoms with Crippen molar-refractivity contribution in [1.29, 1.82) is 0 Å². The van der Waals surface area contributed by atoms with Crippen molar-refractivity contribution in [2.24, 2.45) is 11.7 Å². The smallest absolute Gasteiger partial charge is 0.00721 e. The lowest BCUT2D eigenvalue weighted by Crippen LogP contribution is -2.26. The second-order valence-corrected chi connectivity index (χ2v) is 6.46. The minimum Gasteiger partial charge on any atom is -0.327 e. The largest absolute Gasteiger partial charge is 0.327 e. The molecule has 0 aromatic heterocycles. The van der Waals surface area contributed by atoms with Gasteiger partial charge in [0.1, 0.15) is 0 Å². The fourth-order valence-electron chi connectivity index (χ4n) is 1.85. The number of rotatable bonds is 8. The summed E-state index contributed by atoms with van der Waals surface area (Å²) in [4.78, 5) is 1.39. The molecular weight excluding hydrogens is 238 g/mol. The summed E-state index contributed by atoms with van der Waals surface area (Å²) >= 11 is 1.94. The Morgan fingerprint density at radius 1 is 1.17 bits per heavy atom. The Hall–Kier alpha value is -0.470. The summed E-state index contributed by atoms with van der Waals surface area (Å²) in [5, 5.41) is 0. The molecule has 0 spiro atoms. The first-order valence-corrected chi connectivity index (χ1v) is 8.09. The van der Waals surface area contributed by atoms with E-state index < -0.39 is 0 Å². The number of benzene rings is 1. The highest BCUT2D eigenvalue weighted by molar-refractivity contribution is 7.99. The van der Waals surface area contributed by atoms with Crippen molar-refractivity contribution in [2.45, 2.75) is 57.4 Å². The van der Waals surface area contributed by atoms with Crippen LogP contribution in [0.1, 0.15) is 45.6 Å². The zero-order chi connectivity index (χ0) is 13.4. The summed E-state index contributed by atoms with van der Waals surface area (Å²) in [5.41, 5.74) is 7.49. The quantitative estimate of drug-likeness (QED) is 0.701. The molecule has 102 valence electrons. The molecule has 1 atom stereocenters. The van der Waals surface area contributed by atoms with Crippen LogP contribution in [0.5, 0.6) is 0 Å². The SMILES string of the molecule is CCCSc1ccc(CCCC(N)C(C)C)cc1. The average Bonchev–Trinajstić information content (AvgIpc) is 2.37. The van der Waals surface area contributed by atoms with Crippen molar-refractivity contribution in [1.82, 2.24) is 0 Å². The fraction of sp³-hybridized carbons (Fsp3) is 0.625. The minimum atomic E-state index is 0.351. The summed E-state index contributed by atoms with van der Waals surface area (Å²) in [6.07, 6.45) is 4.71. The maximum Gasteiger partial charge on any atom is 0.00721 e. The highest BCUT2D eigenvalue weighted by Crippen LogP contribution is 2.20. The highest BCUT2D eigenvalue weighted by atomic mass is 32.2. The van der Waals surface area contributed by atoms with Gasteiger partial charge in [-0.3, -0.25) is 0 Å². The molecule has 2 heteroatoms. The van der Waals surface area contributed by atoms with E-state index in [9.17, 15) is 0 Å². The fourth-order valence-corrected chi connectivity index (χ4v) is 2.62. The van der Waals surface area contributed by atoms with Crippen molar-refractivity contribution in [3.8, 4) is 0 Å². The first-order valence-electron chi connectivity index (χ1n) is 7.10. The van der Waals surface area contributed by atoms with Crippen molar-refractivity contribution in [3.63, 3.8) is 0 Å². The van der Waals surface area contributed by atoms with Gasteiger partial charge in [-0.05, 0) is 55.1 Å². The summed E-state index contributed by atoms with van der Waals surface area (Å²) in [6.45, 7) is 6.62. The van der Waals surface area contributed by atoms with Gasteiger partial charge in [-0.1, -0.05) is 32.9 Å². The van der Waals surface area contributed by atoms with Gasteiger partial charge in [-0.2, -0.15) is 0 Å². The normalized spacial score (nSPS) is 12.9. The van der Waals surface area contributed by atoms with Gasteiger partial charge in [0.2, 0.25) is 0 Å². The number of aryl methyl sites for hydroxylation is 1. The predicted octanol–water partition coefficient (Wildman–Crippen LogP) is 4.49. The Bertz CT molecular complexity index is 318. The van der Waals surface area contributed by atoms with Gasteiger partial charge in [0.25, 0.3) is 0 Å². The van der Waals surface area contributed by atoms with Gasteiger partial charge in [0, 0.05) is 10.9 Å². The van der Waals surface area contributed by atoms with Crippen molar-refractivity contribution in [3.05, 3.63) is 29.8 Å².